The first-order chi connectivity index (χ1) is 9.69. The maximum absolute atomic E-state index is 11.7. The number of anilines is 1. The fourth-order valence-electron chi connectivity index (χ4n) is 2.27. The summed E-state index contributed by atoms with van der Waals surface area (Å²) in [4.78, 5) is 13.9. The summed E-state index contributed by atoms with van der Waals surface area (Å²) in [6, 6.07) is 8.32. The highest BCUT2D eigenvalue weighted by Crippen LogP contribution is 2.22. The number of hydrogen-bond acceptors (Lipinski definition) is 3. The number of rotatable bonds is 5. The van der Waals surface area contributed by atoms with Crippen LogP contribution in [0.2, 0.25) is 0 Å². The Kier molecular flexibility index (Phi) is 5.67. The van der Waals surface area contributed by atoms with Crippen molar-refractivity contribution in [3.63, 3.8) is 0 Å². The fraction of sp³-hybridized carbons (Fsp3) is 0.500. The van der Waals surface area contributed by atoms with Gasteiger partial charge in [0.2, 0.25) is 0 Å². The van der Waals surface area contributed by atoms with E-state index in [1.165, 1.54) is 5.69 Å². The predicted molar refractivity (Wildman–Crippen MR) is 83.2 cm³/mol. The van der Waals surface area contributed by atoms with Crippen molar-refractivity contribution < 1.29 is 9.53 Å². The summed E-state index contributed by atoms with van der Waals surface area (Å²) >= 11 is 3.43. The Labute approximate surface area is 127 Å². The Morgan fingerprint density at radius 2 is 2.20 bits per heavy atom. The third-order valence-electron chi connectivity index (χ3n) is 3.31. The average Bonchev–Trinajstić information content (AvgIpc) is 2.88. The molecule has 1 atom stereocenters. The molecule has 1 aliphatic rings. The number of benzene rings is 1. The number of nitrogens with one attached hydrogen (secondary N) is 2. The Balaban J connectivity index is 1.77. The highest BCUT2D eigenvalue weighted by molar-refractivity contribution is 9.10. The third-order valence-corrected chi connectivity index (χ3v) is 3.84. The summed E-state index contributed by atoms with van der Waals surface area (Å²) in [5.41, 5.74) is 1.19. The first kappa shape index (κ1) is 15.1. The molecule has 1 heterocycles. The maximum atomic E-state index is 11.7. The molecule has 2 N–H and O–H groups in total. The Morgan fingerprint density at radius 3 is 2.90 bits per heavy atom. The number of carbonyl (C=O) groups is 1. The van der Waals surface area contributed by atoms with Gasteiger partial charge in [0, 0.05) is 42.9 Å². The van der Waals surface area contributed by atoms with Gasteiger partial charge in [-0.2, -0.15) is 0 Å². The van der Waals surface area contributed by atoms with Gasteiger partial charge in [0.25, 0.3) is 0 Å². The highest BCUT2D eigenvalue weighted by Gasteiger charge is 2.23. The fourth-order valence-corrected chi connectivity index (χ4v) is 2.53. The summed E-state index contributed by atoms with van der Waals surface area (Å²) < 4.78 is 5.97. The van der Waals surface area contributed by atoms with Gasteiger partial charge in [0.15, 0.2) is 0 Å². The van der Waals surface area contributed by atoms with Crippen LogP contribution in [0.4, 0.5) is 10.5 Å². The van der Waals surface area contributed by atoms with Crippen LogP contribution in [-0.4, -0.2) is 45.4 Å². The monoisotopic (exact) mass is 341 g/mol. The molecule has 20 heavy (non-hydrogen) atoms. The van der Waals surface area contributed by atoms with Crippen LogP contribution in [0.1, 0.15) is 6.42 Å². The molecule has 0 radical (unpaired) electrons. The van der Waals surface area contributed by atoms with Gasteiger partial charge in [-0.05, 0) is 30.7 Å². The number of carbonyl (C=O) groups excluding carboxylic acids is 1. The van der Waals surface area contributed by atoms with Crippen LogP contribution in [0.25, 0.3) is 0 Å². The molecule has 6 heteroatoms. The van der Waals surface area contributed by atoms with Crippen molar-refractivity contribution >= 4 is 27.6 Å². The highest BCUT2D eigenvalue weighted by atomic mass is 79.9. The summed E-state index contributed by atoms with van der Waals surface area (Å²) in [6.07, 6.45) is 0.966. The zero-order valence-electron chi connectivity index (χ0n) is 11.6. The van der Waals surface area contributed by atoms with Crippen LogP contribution in [0.5, 0.6) is 0 Å². The number of amides is 2. The van der Waals surface area contributed by atoms with E-state index in [0.717, 1.165) is 24.0 Å². The molecule has 1 fully saturated rings. The lowest BCUT2D eigenvalue weighted by Gasteiger charge is -2.19. The van der Waals surface area contributed by atoms with Gasteiger partial charge in [-0.15, -0.1) is 0 Å². The predicted octanol–water partition coefficient (Wildman–Crippen LogP) is 1.97. The molecule has 1 unspecified atom stereocenters. The number of methoxy groups -OCH3 is 1. The second kappa shape index (κ2) is 7.50. The van der Waals surface area contributed by atoms with Gasteiger partial charge >= 0.3 is 6.03 Å². The van der Waals surface area contributed by atoms with Gasteiger partial charge in [0.05, 0.1) is 6.61 Å². The van der Waals surface area contributed by atoms with Gasteiger partial charge in [-0.1, -0.05) is 15.9 Å². The molecule has 1 aromatic carbocycles. The van der Waals surface area contributed by atoms with Crippen LogP contribution >= 0.6 is 15.9 Å². The normalized spacial score (nSPS) is 18.1. The van der Waals surface area contributed by atoms with Gasteiger partial charge in [-0.25, -0.2) is 4.79 Å². The molecule has 2 rings (SSSR count). The molecule has 0 aliphatic carbocycles. The molecule has 1 aromatic rings. The Hall–Kier alpha value is -1.27. The van der Waals surface area contributed by atoms with E-state index in [4.69, 9.17) is 4.74 Å². The number of halogens is 1. The van der Waals surface area contributed by atoms with Gasteiger partial charge in [-0.3, -0.25) is 0 Å². The summed E-state index contributed by atoms with van der Waals surface area (Å²) in [7, 11) is 1.62. The second-order valence-corrected chi connectivity index (χ2v) is 5.72. The molecule has 1 aliphatic heterocycles. The summed E-state index contributed by atoms with van der Waals surface area (Å²) in [6.45, 7) is 2.87. The van der Waals surface area contributed by atoms with Gasteiger partial charge < -0.3 is 20.3 Å². The quantitative estimate of drug-likeness (QED) is 0.805. The maximum Gasteiger partial charge on any atom is 0.315 e. The van der Waals surface area contributed by atoms with Crippen molar-refractivity contribution in [3.8, 4) is 0 Å². The van der Waals surface area contributed by atoms with Crippen molar-refractivity contribution in [2.45, 2.75) is 12.5 Å². The number of hydrogen-bond donors (Lipinski definition) is 2. The minimum absolute atomic E-state index is 0.121. The molecule has 0 saturated carbocycles. The Bertz CT molecular complexity index is 439. The van der Waals surface area contributed by atoms with Crippen LogP contribution in [0.3, 0.4) is 0 Å². The van der Waals surface area contributed by atoms with E-state index in [2.05, 4.69) is 43.6 Å². The molecule has 2 amide bonds. The van der Waals surface area contributed by atoms with E-state index in [1.807, 2.05) is 12.1 Å². The van der Waals surface area contributed by atoms with E-state index in [9.17, 15) is 4.79 Å². The van der Waals surface area contributed by atoms with Crippen LogP contribution in [0, 0.1) is 0 Å². The van der Waals surface area contributed by atoms with E-state index >= 15 is 0 Å². The molecule has 0 aromatic heterocycles. The smallest absolute Gasteiger partial charge is 0.315 e. The lowest BCUT2D eigenvalue weighted by molar-refractivity contribution is 0.195. The summed E-state index contributed by atoms with van der Waals surface area (Å²) in [5, 5.41) is 5.77. The summed E-state index contributed by atoms with van der Waals surface area (Å²) in [5.74, 6) is 0. The molecule has 110 valence electrons. The average molecular weight is 342 g/mol. The van der Waals surface area contributed by atoms with Crippen LogP contribution in [-0.2, 0) is 4.74 Å². The second-order valence-electron chi connectivity index (χ2n) is 4.80. The van der Waals surface area contributed by atoms with Crippen molar-refractivity contribution in [2.24, 2.45) is 0 Å². The van der Waals surface area contributed by atoms with E-state index in [1.54, 1.807) is 7.11 Å². The first-order valence-corrected chi connectivity index (χ1v) is 7.52. The minimum atomic E-state index is -0.121. The van der Waals surface area contributed by atoms with Crippen molar-refractivity contribution in [3.05, 3.63) is 28.7 Å². The van der Waals surface area contributed by atoms with Crippen molar-refractivity contribution in [1.29, 1.82) is 0 Å². The first-order valence-electron chi connectivity index (χ1n) is 6.73. The van der Waals surface area contributed by atoms with E-state index in [-0.39, 0.29) is 12.1 Å². The third kappa shape index (κ3) is 4.38. The van der Waals surface area contributed by atoms with Crippen LogP contribution < -0.4 is 15.5 Å². The topological polar surface area (TPSA) is 53.6 Å². The van der Waals surface area contributed by atoms with Gasteiger partial charge in [0.1, 0.15) is 0 Å². The Morgan fingerprint density at radius 1 is 1.45 bits per heavy atom. The molecule has 5 nitrogen and oxygen atoms in total. The molecule has 0 bridgehead atoms. The zero-order chi connectivity index (χ0) is 14.4. The molecule has 0 spiro atoms. The van der Waals surface area contributed by atoms with Crippen molar-refractivity contribution in [1.82, 2.24) is 10.6 Å². The molecular formula is C14H20BrN3O2. The largest absolute Gasteiger partial charge is 0.383 e. The number of urea groups is 1. The lowest BCUT2D eigenvalue weighted by atomic mass is 10.3. The SMILES string of the molecule is COCCNC(=O)NC1CCN(c2ccc(Br)cc2)C1. The molecule has 1 saturated heterocycles. The number of nitrogens with zero attached hydrogens (tertiary/aromatic N) is 1. The van der Waals surface area contributed by atoms with E-state index in [0.29, 0.717) is 13.2 Å². The molecular weight excluding hydrogens is 322 g/mol. The standard InChI is InChI=1S/C14H20BrN3O2/c1-20-9-7-16-14(19)17-12-6-8-18(10-12)13-4-2-11(15)3-5-13/h2-5,12H,6-10H2,1H3,(H2,16,17,19). The van der Waals surface area contributed by atoms with Crippen molar-refractivity contribution in [2.75, 3.05) is 38.3 Å². The number of ether oxygens (including phenoxy) is 1. The van der Waals surface area contributed by atoms with Crippen LogP contribution in [0.15, 0.2) is 28.7 Å². The zero-order valence-corrected chi connectivity index (χ0v) is 13.1. The van der Waals surface area contributed by atoms with E-state index < -0.39 is 0 Å². The minimum Gasteiger partial charge on any atom is -0.383 e. The lowest BCUT2D eigenvalue weighted by Crippen LogP contribution is -2.44.